The van der Waals surface area contributed by atoms with E-state index in [1.807, 2.05) is 0 Å². The maximum Gasteiger partial charge on any atom is 0.573 e. The smallest absolute Gasteiger partial charge is 0.406 e. The van der Waals surface area contributed by atoms with E-state index < -0.39 is 33.3 Å². The molecule has 1 aromatic heterocycles. The van der Waals surface area contributed by atoms with Crippen molar-refractivity contribution >= 4 is 45.5 Å². The lowest BCUT2D eigenvalue weighted by atomic mass is 10.1. The molecule has 3 aromatic carbocycles. The molecule has 0 spiro atoms. The first kappa shape index (κ1) is 25.7. The molecule has 0 radical (unpaired) electrons. The minimum Gasteiger partial charge on any atom is -0.406 e. The van der Waals surface area contributed by atoms with Crippen molar-refractivity contribution in [3.8, 4) is 5.75 Å². The fourth-order valence-electron chi connectivity index (χ4n) is 3.41. The Labute approximate surface area is 212 Å². The molecule has 1 heterocycles. The number of para-hydroxylation sites is 2. The van der Waals surface area contributed by atoms with E-state index in [0.29, 0.717) is 22.7 Å². The Morgan fingerprint density at radius 2 is 1.29 bits per heavy atom. The molecule has 0 fully saturated rings. The van der Waals surface area contributed by atoms with Crippen LogP contribution in [-0.2, 0) is 0 Å². The van der Waals surface area contributed by atoms with Crippen molar-refractivity contribution < 1.29 is 27.8 Å². The summed E-state index contributed by atoms with van der Waals surface area (Å²) in [4.78, 5) is 25.9. The number of pyridine rings is 1. The number of nitro benzene ring substituents is 2. The number of hydrogen-bond donors (Lipinski definition) is 3. The molecular weight excluding hydrogens is 509 g/mol. The van der Waals surface area contributed by atoms with Crippen LogP contribution in [0.3, 0.4) is 0 Å². The van der Waals surface area contributed by atoms with Gasteiger partial charge in [0.1, 0.15) is 17.1 Å². The normalized spacial score (nSPS) is 10.9. The topological polar surface area (TPSA) is 144 Å². The third-order valence-electron chi connectivity index (χ3n) is 5.01. The van der Waals surface area contributed by atoms with Gasteiger partial charge in [-0.05, 0) is 54.6 Å². The summed E-state index contributed by atoms with van der Waals surface area (Å²) in [7, 11) is 0. The molecule has 38 heavy (non-hydrogen) atoms. The fourth-order valence-corrected chi connectivity index (χ4v) is 3.41. The van der Waals surface area contributed by atoms with Crippen LogP contribution in [0.15, 0.2) is 85.2 Å². The molecule has 0 saturated heterocycles. The van der Waals surface area contributed by atoms with Gasteiger partial charge in [-0.3, -0.25) is 25.2 Å². The molecular formula is C24H17F3N6O5. The summed E-state index contributed by atoms with van der Waals surface area (Å²) >= 11 is 0. The Balaban J connectivity index is 1.66. The Kier molecular flexibility index (Phi) is 7.23. The third kappa shape index (κ3) is 6.42. The summed E-state index contributed by atoms with van der Waals surface area (Å²) in [5.41, 5.74) is 0.493. The van der Waals surface area contributed by atoms with Gasteiger partial charge in [0, 0.05) is 11.9 Å². The van der Waals surface area contributed by atoms with Gasteiger partial charge in [0.2, 0.25) is 0 Å². The van der Waals surface area contributed by atoms with Crippen molar-refractivity contribution in [3.63, 3.8) is 0 Å². The molecule has 0 aliphatic rings. The second kappa shape index (κ2) is 10.7. The minimum atomic E-state index is -4.82. The van der Waals surface area contributed by atoms with E-state index in [1.165, 1.54) is 30.6 Å². The number of anilines is 6. The van der Waals surface area contributed by atoms with Crippen LogP contribution in [0, 0.1) is 20.2 Å². The van der Waals surface area contributed by atoms with E-state index >= 15 is 0 Å². The van der Waals surface area contributed by atoms with E-state index in [0.717, 1.165) is 18.2 Å². The average Bonchev–Trinajstić information content (AvgIpc) is 2.86. The third-order valence-corrected chi connectivity index (χ3v) is 5.01. The van der Waals surface area contributed by atoms with Gasteiger partial charge in [-0.1, -0.05) is 12.1 Å². The van der Waals surface area contributed by atoms with E-state index in [-0.39, 0.29) is 11.4 Å². The van der Waals surface area contributed by atoms with Gasteiger partial charge in [-0.25, -0.2) is 0 Å². The fraction of sp³-hybridized carbons (Fsp3) is 0.0417. The standard InChI is InChI=1S/C24H17F3N6O5/c25-24(26,27)38-17-9-7-15(8-10-17)29-18-5-1-2-6-19(18)31-21-12-20(30-16-4-3-11-28-14-16)22(32(34)35)13-23(21)33(36)37/h1-14,29-31H. The van der Waals surface area contributed by atoms with Crippen molar-refractivity contribution in [2.75, 3.05) is 16.0 Å². The van der Waals surface area contributed by atoms with Gasteiger partial charge in [-0.15, -0.1) is 13.2 Å². The number of benzene rings is 3. The molecule has 0 aliphatic carbocycles. The lowest BCUT2D eigenvalue weighted by Crippen LogP contribution is -2.16. The van der Waals surface area contributed by atoms with Crippen LogP contribution in [0.25, 0.3) is 0 Å². The lowest BCUT2D eigenvalue weighted by molar-refractivity contribution is -0.393. The van der Waals surface area contributed by atoms with Gasteiger partial charge < -0.3 is 20.7 Å². The summed E-state index contributed by atoms with van der Waals surface area (Å²) in [6.07, 6.45) is -1.87. The van der Waals surface area contributed by atoms with Crippen LogP contribution in [-0.4, -0.2) is 21.2 Å². The van der Waals surface area contributed by atoms with Crippen LogP contribution in [0.5, 0.6) is 5.75 Å². The Morgan fingerprint density at radius 3 is 1.84 bits per heavy atom. The predicted octanol–water partition coefficient (Wildman–Crippen LogP) is 7.03. The number of rotatable bonds is 9. The first-order chi connectivity index (χ1) is 18.1. The molecule has 194 valence electrons. The van der Waals surface area contributed by atoms with Gasteiger partial charge >= 0.3 is 6.36 Å². The molecule has 4 aromatic rings. The van der Waals surface area contributed by atoms with Crippen LogP contribution in [0.4, 0.5) is 58.7 Å². The summed E-state index contributed by atoms with van der Waals surface area (Å²) in [6.45, 7) is 0. The monoisotopic (exact) mass is 526 g/mol. The van der Waals surface area contributed by atoms with Crippen LogP contribution >= 0.6 is 0 Å². The number of hydrogen-bond acceptors (Lipinski definition) is 9. The second-order valence-corrected chi connectivity index (χ2v) is 7.64. The molecule has 0 amide bonds. The Hall–Kier alpha value is -5.40. The van der Waals surface area contributed by atoms with E-state index in [9.17, 15) is 33.4 Å². The molecule has 14 heteroatoms. The molecule has 0 unspecified atom stereocenters. The first-order valence-corrected chi connectivity index (χ1v) is 10.7. The zero-order valence-electron chi connectivity index (χ0n) is 19.1. The number of halogens is 3. The highest BCUT2D eigenvalue weighted by atomic mass is 19.4. The Morgan fingerprint density at radius 1 is 0.711 bits per heavy atom. The number of ether oxygens (including phenoxy) is 1. The summed E-state index contributed by atoms with van der Waals surface area (Å²) in [6, 6.07) is 16.9. The molecule has 4 rings (SSSR count). The number of nitro groups is 2. The van der Waals surface area contributed by atoms with E-state index in [4.69, 9.17) is 0 Å². The molecule has 0 atom stereocenters. The minimum absolute atomic E-state index is 0.0122. The SMILES string of the molecule is O=[N+]([O-])c1cc([N+](=O)[O-])c(Nc2ccccc2Nc2ccc(OC(F)(F)F)cc2)cc1Nc1cccnc1. The highest BCUT2D eigenvalue weighted by Crippen LogP contribution is 2.40. The van der Waals surface area contributed by atoms with E-state index in [1.54, 1.807) is 36.4 Å². The van der Waals surface area contributed by atoms with E-state index in [2.05, 4.69) is 25.7 Å². The Bertz CT molecular complexity index is 1470. The number of aromatic nitrogens is 1. The second-order valence-electron chi connectivity index (χ2n) is 7.64. The quantitative estimate of drug-likeness (QED) is 0.155. The van der Waals surface area contributed by atoms with Gasteiger partial charge in [0.25, 0.3) is 11.4 Å². The summed E-state index contributed by atoms with van der Waals surface area (Å²) < 4.78 is 41.1. The molecule has 0 aliphatic heterocycles. The number of nitrogens with one attached hydrogen (secondary N) is 3. The lowest BCUT2D eigenvalue weighted by Gasteiger charge is -2.16. The van der Waals surface area contributed by atoms with Gasteiger partial charge in [0.15, 0.2) is 0 Å². The highest BCUT2D eigenvalue weighted by Gasteiger charge is 2.31. The highest BCUT2D eigenvalue weighted by molar-refractivity contribution is 5.85. The number of nitrogens with zero attached hydrogens (tertiary/aromatic N) is 3. The largest absolute Gasteiger partial charge is 0.573 e. The zero-order valence-corrected chi connectivity index (χ0v) is 19.1. The average molecular weight is 526 g/mol. The molecule has 11 nitrogen and oxygen atoms in total. The molecule has 3 N–H and O–H groups in total. The first-order valence-electron chi connectivity index (χ1n) is 10.7. The van der Waals surface area contributed by atoms with Gasteiger partial charge in [-0.2, -0.15) is 0 Å². The number of alkyl halides is 3. The van der Waals surface area contributed by atoms with Gasteiger partial charge in [0.05, 0.1) is 39.2 Å². The van der Waals surface area contributed by atoms with Crippen molar-refractivity contribution in [3.05, 3.63) is 105 Å². The van der Waals surface area contributed by atoms with Crippen molar-refractivity contribution in [2.24, 2.45) is 0 Å². The van der Waals surface area contributed by atoms with Crippen molar-refractivity contribution in [1.82, 2.24) is 4.98 Å². The van der Waals surface area contributed by atoms with Crippen molar-refractivity contribution in [2.45, 2.75) is 6.36 Å². The van der Waals surface area contributed by atoms with Crippen molar-refractivity contribution in [1.29, 1.82) is 0 Å². The maximum absolute atomic E-state index is 12.4. The van der Waals surface area contributed by atoms with Crippen LogP contribution in [0.2, 0.25) is 0 Å². The maximum atomic E-state index is 12.4. The predicted molar refractivity (Wildman–Crippen MR) is 133 cm³/mol. The van der Waals surface area contributed by atoms with Crippen LogP contribution < -0.4 is 20.7 Å². The summed E-state index contributed by atoms with van der Waals surface area (Å²) in [5, 5.41) is 32.2. The molecule has 0 saturated carbocycles. The molecule has 0 bridgehead atoms. The van der Waals surface area contributed by atoms with Crippen LogP contribution in [0.1, 0.15) is 0 Å². The summed E-state index contributed by atoms with van der Waals surface area (Å²) in [5.74, 6) is -0.399. The zero-order chi connectivity index (χ0) is 27.3.